The second kappa shape index (κ2) is 8.43. The van der Waals surface area contributed by atoms with Crippen molar-refractivity contribution in [3.63, 3.8) is 0 Å². The number of hydrogen-bond acceptors (Lipinski definition) is 5. The first kappa shape index (κ1) is 18.2. The van der Waals surface area contributed by atoms with Gasteiger partial charge in [0, 0.05) is 6.54 Å². The van der Waals surface area contributed by atoms with Gasteiger partial charge >= 0.3 is 6.09 Å². The molecule has 0 aromatic heterocycles. The fourth-order valence-corrected chi connectivity index (χ4v) is 1.64. The molecule has 112 valence electrons. The monoisotopic (exact) mass is 290 g/mol. The van der Waals surface area contributed by atoms with Crippen LogP contribution in [0.15, 0.2) is 0 Å². The topological polar surface area (TPSA) is 49.9 Å². The van der Waals surface area contributed by atoms with Gasteiger partial charge in [-0.15, -0.1) is 0 Å². The van der Waals surface area contributed by atoms with Crippen molar-refractivity contribution in [2.45, 2.75) is 32.8 Å². The summed E-state index contributed by atoms with van der Waals surface area (Å²) in [6.45, 7) is 6.95. The zero-order valence-corrected chi connectivity index (χ0v) is 13.7. The number of hydrogen-bond donors (Lipinski definition) is 0. The molecule has 0 unspecified atom stereocenters. The van der Waals surface area contributed by atoms with Crippen molar-refractivity contribution in [2.75, 3.05) is 40.0 Å². The molecule has 0 aliphatic rings. The fraction of sp³-hybridized carbons (Fsp3) is 0.846. The minimum atomic E-state index is -0.542. The Morgan fingerprint density at radius 3 is 2.16 bits per heavy atom. The SMILES string of the molecule is CSC(=O)CN(CCCN(C)C)C(=O)OC(C)(C)C. The highest BCUT2D eigenvalue weighted by molar-refractivity contribution is 8.13. The lowest BCUT2D eigenvalue weighted by Crippen LogP contribution is -2.40. The van der Waals surface area contributed by atoms with Crippen LogP contribution in [-0.2, 0) is 9.53 Å². The number of rotatable bonds is 6. The maximum atomic E-state index is 12.0. The lowest BCUT2D eigenvalue weighted by Gasteiger charge is -2.27. The highest BCUT2D eigenvalue weighted by Crippen LogP contribution is 2.11. The first-order chi connectivity index (χ1) is 8.65. The number of nitrogens with zero attached hydrogens (tertiary/aromatic N) is 2. The Morgan fingerprint density at radius 2 is 1.74 bits per heavy atom. The van der Waals surface area contributed by atoms with Crippen LogP contribution in [0.25, 0.3) is 0 Å². The largest absolute Gasteiger partial charge is 0.444 e. The molecule has 0 rings (SSSR count). The zero-order chi connectivity index (χ0) is 15.1. The van der Waals surface area contributed by atoms with Crippen molar-refractivity contribution >= 4 is 23.0 Å². The summed E-state index contributed by atoms with van der Waals surface area (Å²) in [4.78, 5) is 27.0. The van der Waals surface area contributed by atoms with E-state index in [1.165, 1.54) is 4.90 Å². The van der Waals surface area contributed by atoms with E-state index in [2.05, 4.69) is 0 Å². The Labute approximate surface area is 120 Å². The van der Waals surface area contributed by atoms with Crippen LogP contribution in [0.2, 0.25) is 0 Å². The fourth-order valence-electron chi connectivity index (χ4n) is 1.36. The smallest absolute Gasteiger partial charge is 0.410 e. The molecular formula is C13H26N2O3S. The van der Waals surface area contributed by atoms with Gasteiger partial charge in [-0.05, 0) is 54.1 Å². The van der Waals surface area contributed by atoms with Gasteiger partial charge in [-0.3, -0.25) is 9.69 Å². The lowest BCUT2D eigenvalue weighted by atomic mass is 10.2. The molecule has 5 nitrogen and oxygen atoms in total. The maximum Gasteiger partial charge on any atom is 0.410 e. The molecule has 0 radical (unpaired) electrons. The molecule has 0 bridgehead atoms. The van der Waals surface area contributed by atoms with Gasteiger partial charge in [-0.2, -0.15) is 0 Å². The zero-order valence-electron chi connectivity index (χ0n) is 12.9. The van der Waals surface area contributed by atoms with Gasteiger partial charge in [-0.25, -0.2) is 4.79 Å². The van der Waals surface area contributed by atoms with Crippen molar-refractivity contribution < 1.29 is 14.3 Å². The van der Waals surface area contributed by atoms with Crippen LogP contribution in [0.4, 0.5) is 4.79 Å². The molecule has 1 amide bonds. The van der Waals surface area contributed by atoms with Crippen LogP contribution in [0.3, 0.4) is 0 Å². The third-order valence-electron chi connectivity index (χ3n) is 2.23. The maximum absolute atomic E-state index is 12.0. The molecule has 0 spiro atoms. The van der Waals surface area contributed by atoms with Gasteiger partial charge < -0.3 is 9.64 Å². The molecule has 0 heterocycles. The van der Waals surface area contributed by atoms with Crippen LogP contribution in [0, 0.1) is 0 Å². The van der Waals surface area contributed by atoms with E-state index in [-0.39, 0.29) is 11.7 Å². The minimum absolute atomic E-state index is 0.0317. The Kier molecular flexibility index (Phi) is 8.09. The van der Waals surface area contributed by atoms with Crippen molar-refractivity contribution in [2.24, 2.45) is 0 Å². The van der Waals surface area contributed by atoms with Crippen LogP contribution in [-0.4, -0.2) is 66.6 Å². The van der Waals surface area contributed by atoms with Crippen molar-refractivity contribution in [1.29, 1.82) is 0 Å². The van der Waals surface area contributed by atoms with E-state index in [1.807, 2.05) is 39.8 Å². The van der Waals surface area contributed by atoms with Crippen molar-refractivity contribution in [3.05, 3.63) is 0 Å². The predicted octanol–water partition coefficient (Wildman–Crippen LogP) is 2.06. The third kappa shape index (κ3) is 9.78. The summed E-state index contributed by atoms with van der Waals surface area (Å²) in [5.41, 5.74) is -0.542. The normalized spacial score (nSPS) is 11.5. The van der Waals surface area contributed by atoms with E-state index in [0.29, 0.717) is 6.54 Å². The third-order valence-corrected chi connectivity index (χ3v) is 2.82. The molecule has 19 heavy (non-hydrogen) atoms. The summed E-state index contributed by atoms with van der Waals surface area (Å²) in [6, 6.07) is 0. The van der Waals surface area contributed by atoms with E-state index in [4.69, 9.17) is 4.74 Å². The molecule has 0 atom stereocenters. The van der Waals surface area contributed by atoms with E-state index >= 15 is 0 Å². The van der Waals surface area contributed by atoms with Crippen molar-refractivity contribution in [1.82, 2.24) is 9.80 Å². The number of carbonyl (C=O) groups excluding carboxylic acids is 2. The van der Waals surface area contributed by atoms with Gasteiger partial charge in [-0.1, -0.05) is 11.8 Å². The Bertz CT molecular complexity index is 301. The quantitative estimate of drug-likeness (QED) is 0.749. The predicted molar refractivity (Wildman–Crippen MR) is 79.5 cm³/mol. The number of thioether (sulfide) groups is 1. The summed E-state index contributed by atoms with van der Waals surface area (Å²) in [6.07, 6.45) is 2.11. The molecule has 0 fully saturated rings. The Balaban J connectivity index is 4.48. The summed E-state index contributed by atoms with van der Waals surface area (Å²) < 4.78 is 5.31. The van der Waals surface area contributed by atoms with Crippen LogP contribution in [0.1, 0.15) is 27.2 Å². The van der Waals surface area contributed by atoms with E-state index < -0.39 is 11.7 Å². The van der Waals surface area contributed by atoms with Gasteiger partial charge in [0.05, 0.1) is 6.54 Å². The summed E-state index contributed by atoms with van der Waals surface area (Å²) in [5, 5.41) is -0.0317. The van der Waals surface area contributed by atoms with Crippen molar-refractivity contribution in [3.8, 4) is 0 Å². The molecule has 6 heteroatoms. The molecule has 0 N–H and O–H groups in total. The summed E-state index contributed by atoms with van der Waals surface area (Å²) in [5.74, 6) is 0. The number of carbonyl (C=O) groups is 2. The highest BCUT2D eigenvalue weighted by Gasteiger charge is 2.23. The van der Waals surface area contributed by atoms with Crippen LogP contribution < -0.4 is 0 Å². The van der Waals surface area contributed by atoms with Gasteiger partial charge in [0.25, 0.3) is 0 Å². The second-order valence-electron chi connectivity index (χ2n) is 5.63. The van der Waals surface area contributed by atoms with Gasteiger partial charge in [0.1, 0.15) is 5.60 Å². The molecule has 0 aliphatic carbocycles. The Morgan fingerprint density at radius 1 is 1.16 bits per heavy atom. The number of ether oxygens (including phenoxy) is 1. The summed E-state index contributed by atoms with van der Waals surface area (Å²) in [7, 11) is 3.95. The lowest BCUT2D eigenvalue weighted by molar-refractivity contribution is -0.112. The van der Waals surface area contributed by atoms with E-state index in [0.717, 1.165) is 24.7 Å². The molecule has 0 aromatic carbocycles. The van der Waals surface area contributed by atoms with E-state index in [9.17, 15) is 9.59 Å². The molecule has 0 saturated heterocycles. The van der Waals surface area contributed by atoms with Crippen LogP contribution >= 0.6 is 11.8 Å². The average Bonchev–Trinajstić information content (AvgIpc) is 2.24. The molecular weight excluding hydrogens is 264 g/mol. The standard InChI is InChI=1S/C13H26N2O3S/c1-13(2,3)18-12(17)15(10-11(16)19-6)9-7-8-14(4)5/h7-10H2,1-6H3. The second-order valence-corrected chi connectivity index (χ2v) is 6.50. The highest BCUT2D eigenvalue weighted by atomic mass is 32.2. The molecule has 0 saturated carbocycles. The van der Waals surface area contributed by atoms with Gasteiger partial charge in [0.15, 0.2) is 0 Å². The Hall–Kier alpha value is -0.750. The summed E-state index contributed by atoms with van der Waals surface area (Å²) >= 11 is 1.13. The first-order valence-corrected chi connectivity index (χ1v) is 7.57. The first-order valence-electron chi connectivity index (χ1n) is 6.35. The molecule has 0 aliphatic heterocycles. The minimum Gasteiger partial charge on any atom is -0.444 e. The average molecular weight is 290 g/mol. The van der Waals surface area contributed by atoms with E-state index in [1.54, 1.807) is 6.26 Å². The molecule has 0 aromatic rings. The van der Waals surface area contributed by atoms with Gasteiger partial charge in [0.2, 0.25) is 5.12 Å². The van der Waals surface area contributed by atoms with Crippen LogP contribution in [0.5, 0.6) is 0 Å². The number of amides is 1.